The van der Waals surface area contributed by atoms with Crippen LogP contribution in [-0.4, -0.2) is 29.6 Å². The van der Waals surface area contributed by atoms with E-state index >= 15 is 0 Å². The molecule has 0 aromatic carbocycles. The Labute approximate surface area is 115 Å². The van der Waals surface area contributed by atoms with Crippen molar-refractivity contribution in [3.63, 3.8) is 0 Å². The molecule has 0 saturated carbocycles. The van der Waals surface area contributed by atoms with E-state index in [-0.39, 0.29) is 24.3 Å². The summed E-state index contributed by atoms with van der Waals surface area (Å²) in [6, 6.07) is -0.271. The number of carboxylic acids is 1. The highest BCUT2D eigenvalue weighted by Crippen LogP contribution is 2.14. The van der Waals surface area contributed by atoms with E-state index in [1.54, 1.807) is 0 Å². The van der Waals surface area contributed by atoms with Crippen molar-refractivity contribution in [2.75, 3.05) is 6.54 Å². The van der Waals surface area contributed by atoms with E-state index in [2.05, 4.69) is 19.2 Å². The van der Waals surface area contributed by atoms with Gasteiger partial charge in [-0.1, -0.05) is 27.2 Å². The zero-order valence-corrected chi connectivity index (χ0v) is 12.3. The SMILES string of the molecule is CCCC(CC(=O)O)NC(=O)C[C@@H](CN)CC(C)C. The number of nitrogens with two attached hydrogens (primary N) is 1. The Balaban J connectivity index is 4.26. The normalized spacial score (nSPS) is 14.2. The molecule has 1 amide bonds. The Bertz CT molecular complexity index is 280. The molecular weight excluding hydrogens is 244 g/mol. The highest BCUT2D eigenvalue weighted by molar-refractivity contribution is 5.77. The minimum atomic E-state index is -0.878. The Kier molecular flexibility index (Phi) is 9.21. The maximum absolute atomic E-state index is 11.9. The molecule has 0 aliphatic carbocycles. The molecule has 2 atom stereocenters. The fraction of sp³-hybridized carbons (Fsp3) is 0.857. The van der Waals surface area contributed by atoms with Gasteiger partial charge in [0.15, 0.2) is 0 Å². The van der Waals surface area contributed by atoms with Crippen LogP contribution < -0.4 is 11.1 Å². The maximum Gasteiger partial charge on any atom is 0.305 e. The number of hydrogen-bond donors (Lipinski definition) is 3. The summed E-state index contributed by atoms with van der Waals surface area (Å²) >= 11 is 0. The molecule has 0 rings (SSSR count). The lowest BCUT2D eigenvalue weighted by molar-refractivity contribution is -0.137. The summed E-state index contributed by atoms with van der Waals surface area (Å²) in [6.07, 6.45) is 2.83. The van der Waals surface area contributed by atoms with E-state index in [0.717, 1.165) is 12.8 Å². The van der Waals surface area contributed by atoms with Gasteiger partial charge in [0, 0.05) is 12.5 Å². The first-order valence-electron chi connectivity index (χ1n) is 7.10. The molecule has 19 heavy (non-hydrogen) atoms. The van der Waals surface area contributed by atoms with Gasteiger partial charge in [-0.2, -0.15) is 0 Å². The van der Waals surface area contributed by atoms with Crippen molar-refractivity contribution in [3.8, 4) is 0 Å². The Morgan fingerprint density at radius 2 is 1.89 bits per heavy atom. The van der Waals surface area contributed by atoms with Crippen molar-refractivity contribution in [2.24, 2.45) is 17.6 Å². The van der Waals surface area contributed by atoms with E-state index in [4.69, 9.17) is 10.8 Å². The zero-order valence-electron chi connectivity index (χ0n) is 12.3. The van der Waals surface area contributed by atoms with Crippen LogP contribution in [0.2, 0.25) is 0 Å². The molecule has 0 bridgehead atoms. The molecule has 112 valence electrons. The molecule has 0 saturated heterocycles. The molecule has 0 heterocycles. The minimum absolute atomic E-state index is 0.0168. The van der Waals surface area contributed by atoms with Gasteiger partial charge in [0.25, 0.3) is 0 Å². The van der Waals surface area contributed by atoms with Crippen molar-refractivity contribution < 1.29 is 14.7 Å². The first-order chi connectivity index (χ1) is 8.88. The summed E-state index contributed by atoms with van der Waals surface area (Å²) in [7, 11) is 0. The van der Waals surface area contributed by atoms with Crippen molar-refractivity contribution in [1.82, 2.24) is 5.32 Å². The van der Waals surface area contributed by atoms with Gasteiger partial charge in [0.1, 0.15) is 0 Å². The Morgan fingerprint density at radius 3 is 2.32 bits per heavy atom. The number of hydrogen-bond acceptors (Lipinski definition) is 3. The van der Waals surface area contributed by atoms with Crippen molar-refractivity contribution in [2.45, 2.75) is 58.9 Å². The highest BCUT2D eigenvalue weighted by atomic mass is 16.4. The van der Waals surface area contributed by atoms with Crippen LogP contribution in [0.4, 0.5) is 0 Å². The third-order valence-corrected chi connectivity index (χ3v) is 3.04. The van der Waals surface area contributed by atoms with Crippen LogP contribution in [0.25, 0.3) is 0 Å². The third-order valence-electron chi connectivity index (χ3n) is 3.04. The predicted molar refractivity (Wildman–Crippen MR) is 75.7 cm³/mol. The van der Waals surface area contributed by atoms with E-state index in [1.807, 2.05) is 6.92 Å². The smallest absolute Gasteiger partial charge is 0.305 e. The summed E-state index contributed by atoms with van der Waals surface area (Å²) in [5.41, 5.74) is 5.67. The summed E-state index contributed by atoms with van der Waals surface area (Å²) in [5, 5.41) is 11.6. The summed E-state index contributed by atoms with van der Waals surface area (Å²) in [4.78, 5) is 22.6. The average molecular weight is 272 g/mol. The lowest BCUT2D eigenvalue weighted by Crippen LogP contribution is -2.38. The number of rotatable bonds is 10. The molecular formula is C14H28N2O3. The topological polar surface area (TPSA) is 92.4 Å². The third kappa shape index (κ3) is 9.47. The van der Waals surface area contributed by atoms with Gasteiger partial charge in [-0.25, -0.2) is 0 Å². The van der Waals surface area contributed by atoms with Gasteiger partial charge < -0.3 is 16.2 Å². The zero-order chi connectivity index (χ0) is 14.8. The van der Waals surface area contributed by atoms with E-state index in [9.17, 15) is 9.59 Å². The molecule has 5 nitrogen and oxygen atoms in total. The molecule has 0 aliphatic rings. The van der Waals surface area contributed by atoms with Crippen LogP contribution in [0.1, 0.15) is 52.9 Å². The summed E-state index contributed by atoms with van der Waals surface area (Å²) in [5.74, 6) is -0.286. The van der Waals surface area contributed by atoms with Gasteiger partial charge in [-0.05, 0) is 31.2 Å². The highest BCUT2D eigenvalue weighted by Gasteiger charge is 2.18. The molecule has 4 N–H and O–H groups in total. The van der Waals surface area contributed by atoms with Crippen LogP contribution in [0.5, 0.6) is 0 Å². The molecule has 0 fully saturated rings. The number of carbonyl (C=O) groups excluding carboxylic acids is 1. The van der Waals surface area contributed by atoms with Crippen LogP contribution in [0.3, 0.4) is 0 Å². The Morgan fingerprint density at radius 1 is 1.26 bits per heavy atom. The molecule has 0 aromatic heterocycles. The second-order valence-corrected chi connectivity index (χ2v) is 5.59. The summed E-state index contributed by atoms with van der Waals surface area (Å²) < 4.78 is 0. The lowest BCUT2D eigenvalue weighted by atomic mass is 9.93. The average Bonchev–Trinajstić information content (AvgIpc) is 2.26. The fourth-order valence-electron chi connectivity index (χ4n) is 2.26. The molecule has 5 heteroatoms. The van der Waals surface area contributed by atoms with Gasteiger partial charge in [-0.3, -0.25) is 9.59 Å². The number of amides is 1. The number of carbonyl (C=O) groups is 2. The van der Waals surface area contributed by atoms with Crippen LogP contribution in [0.15, 0.2) is 0 Å². The number of nitrogens with one attached hydrogen (secondary N) is 1. The molecule has 0 radical (unpaired) electrons. The first kappa shape index (κ1) is 17.9. The fourth-order valence-corrected chi connectivity index (χ4v) is 2.26. The summed E-state index contributed by atoms with van der Waals surface area (Å²) in [6.45, 7) is 6.67. The number of carboxylic acid groups (broad SMARTS) is 1. The van der Waals surface area contributed by atoms with E-state index in [0.29, 0.717) is 25.3 Å². The van der Waals surface area contributed by atoms with Gasteiger partial charge in [0.2, 0.25) is 5.91 Å². The van der Waals surface area contributed by atoms with Crippen LogP contribution >= 0.6 is 0 Å². The monoisotopic (exact) mass is 272 g/mol. The second kappa shape index (κ2) is 9.78. The van der Waals surface area contributed by atoms with Gasteiger partial charge in [0.05, 0.1) is 6.42 Å². The van der Waals surface area contributed by atoms with Crippen LogP contribution in [-0.2, 0) is 9.59 Å². The minimum Gasteiger partial charge on any atom is -0.481 e. The Hall–Kier alpha value is -1.10. The van der Waals surface area contributed by atoms with E-state index in [1.165, 1.54) is 0 Å². The van der Waals surface area contributed by atoms with Gasteiger partial charge >= 0.3 is 5.97 Å². The molecule has 0 aromatic rings. The van der Waals surface area contributed by atoms with E-state index < -0.39 is 5.97 Å². The van der Waals surface area contributed by atoms with Crippen LogP contribution in [0, 0.1) is 11.8 Å². The largest absolute Gasteiger partial charge is 0.481 e. The number of aliphatic carboxylic acids is 1. The molecule has 0 spiro atoms. The standard InChI is InChI=1S/C14H28N2O3/c1-4-5-12(8-14(18)19)16-13(17)7-11(9-15)6-10(2)3/h10-12H,4-9,15H2,1-3H3,(H,16,17)(H,18,19)/t11-,12?/m0/s1. The van der Waals surface area contributed by atoms with Crippen molar-refractivity contribution in [3.05, 3.63) is 0 Å². The predicted octanol–water partition coefficient (Wildman–Crippen LogP) is 1.76. The van der Waals surface area contributed by atoms with Crippen molar-refractivity contribution >= 4 is 11.9 Å². The lowest BCUT2D eigenvalue weighted by Gasteiger charge is -2.20. The molecule has 0 aliphatic heterocycles. The molecule has 1 unspecified atom stereocenters. The second-order valence-electron chi connectivity index (χ2n) is 5.59. The quantitative estimate of drug-likeness (QED) is 0.565. The maximum atomic E-state index is 11.9. The van der Waals surface area contributed by atoms with Crippen molar-refractivity contribution in [1.29, 1.82) is 0 Å². The van der Waals surface area contributed by atoms with Gasteiger partial charge in [-0.15, -0.1) is 0 Å². The first-order valence-corrected chi connectivity index (χ1v) is 7.10.